The molecule has 0 saturated heterocycles. The zero-order chi connectivity index (χ0) is 10.7. The number of pyridine rings is 1. The molecule has 0 fully saturated rings. The van der Waals surface area contributed by atoms with Crippen LogP contribution in [0.3, 0.4) is 0 Å². The van der Waals surface area contributed by atoms with Crippen molar-refractivity contribution in [2.75, 3.05) is 0 Å². The summed E-state index contributed by atoms with van der Waals surface area (Å²) in [6.07, 6.45) is 5.15. The monoisotopic (exact) mass is 222 g/mol. The second-order valence-corrected chi connectivity index (χ2v) is 3.65. The average molecular weight is 223 g/mol. The van der Waals surface area contributed by atoms with Crippen LogP contribution in [0.25, 0.3) is 0 Å². The molecule has 15 heavy (non-hydrogen) atoms. The molecule has 0 aliphatic carbocycles. The zero-order valence-electron chi connectivity index (χ0n) is 8.10. The van der Waals surface area contributed by atoms with E-state index in [1.165, 1.54) is 0 Å². The number of halogens is 1. The lowest BCUT2D eigenvalue weighted by Gasteiger charge is -2.03. The molecule has 0 radical (unpaired) electrons. The highest BCUT2D eigenvalue weighted by Crippen LogP contribution is 2.08. The molecular weight excluding hydrogens is 212 g/mol. The van der Waals surface area contributed by atoms with Crippen molar-refractivity contribution in [2.45, 2.75) is 13.1 Å². The van der Waals surface area contributed by atoms with Crippen molar-refractivity contribution in [1.29, 1.82) is 0 Å². The molecule has 0 atom stereocenters. The second-order valence-electron chi connectivity index (χ2n) is 3.22. The molecule has 0 aliphatic rings. The van der Waals surface area contributed by atoms with Gasteiger partial charge in [-0.05, 0) is 17.7 Å². The Labute approximate surface area is 92.7 Å². The van der Waals surface area contributed by atoms with E-state index in [1.807, 2.05) is 12.1 Å². The average Bonchev–Trinajstić information content (AvgIpc) is 2.64. The molecule has 0 bridgehead atoms. The van der Waals surface area contributed by atoms with Gasteiger partial charge in [0.1, 0.15) is 0 Å². The minimum atomic E-state index is 0.452. The van der Waals surface area contributed by atoms with E-state index in [4.69, 9.17) is 17.3 Å². The SMILES string of the molecule is NCc1cc(Cn2cc(Cl)cn2)ccn1. The number of aromatic nitrogens is 3. The molecule has 5 heteroatoms. The first-order valence-electron chi connectivity index (χ1n) is 4.60. The van der Waals surface area contributed by atoms with Gasteiger partial charge in [-0.15, -0.1) is 0 Å². The fraction of sp³-hybridized carbons (Fsp3) is 0.200. The number of hydrogen-bond donors (Lipinski definition) is 1. The van der Waals surface area contributed by atoms with Crippen LogP contribution in [0, 0.1) is 0 Å². The van der Waals surface area contributed by atoms with Gasteiger partial charge in [-0.2, -0.15) is 5.10 Å². The number of nitrogens with zero attached hydrogens (tertiary/aromatic N) is 3. The third-order valence-corrected chi connectivity index (χ3v) is 2.23. The van der Waals surface area contributed by atoms with Crippen molar-refractivity contribution in [3.63, 3.8) is 0 Å². The molecule has 0 unspecified atom stereocenters. The third kappa shape index (κ3) is 2.55. The summed E-state index contributed by atoms with van der Waals surface area (Å²) >= 11 is 5.77. The van der Waals surface area contributed by atoms with Gasteiger partial charge in [0, 0.05) is 18.9 Å². The molecule has 0 aliphatic heterocycles. The number of nitrogens with two attached hydrogens (primary N) is 1. The lowest BCUT2D eigenvalue weighted by molar-refractivity contribution is 0.685. The highest BCUT2D eigenvalue weighted by Gasteiger charge is 1.99. The summed E-state index contributed by atoms with van der Waals surface area (Å²) in [5.74, 6) is 0. The summed E-state index contributed by atoms with van der Waals surface area (Å²) in [5.41, 5.74) is 7.51. The van der Waals surface area contributed by atoms with Gasteiger partial charge >= 0.3 is 0 Å². The molecule has 0 amide bonds. The van der Waals surface area contributed by atoms with E-state index >= 15 is 0 Å². The lowest BCUT2D eigenvalue weighted by Crippen LogP contribution is -2.03. The fourth-order valence-corrected chi connectivity index (χ4v) is 1.51. The highest BCUT2D eigenvalue weighted by atomic mass is 35.5. The first-order chi connectivity index (χ1) is 7.28. The van der Waals surface area contributed by atoms with E-state index in [-0.39, 0.29) is 0 Å². The van der Waals surface area contributed by atoms with Gasteiger partial charge in [-0.3, -0.25) is 9.67 Å². The largest absolute Gasteiger partial charge is 0.325 e. The van der Waals surface area contributed by atoms with E-state index in [0.717, 1.165) is 11.3 Å². The maximum Gasteiger partial charge on any atom is 0.0785 e. The summed E-state index contributed by atoms with van der Waals surface area (Å²) < 4.78 is 1.78. The Morgan fingerprint density at radius 2 is 2.33 bits per heavy atom. The summed E-state index contributed by atoms with van der Waals surface area (Å²) in [7, 11) is 0. The van der Waals surface area contributed by atoms with Crippen LogP contribution in [-0.4, -0.2) is 14.8 Å². The van der Waals surface area contributed by atoms with Gasteiger partial charge in [0.15, 0.2) is 0 Å². The Morgan fingerprint density at radius 1 is 1.47 bits per heavy atom. The standard InChI is InChI=1S/C10H11ClN4/c11-9-5-14-15(7-9)6-8-1-2-13-10(3-8)4-12/h1-3,5,7H,4,6,12H2. The van der Waals surface area contributed by atoms with Crippen LogP contribution in [0.4, 0.5) is 0 Å². The Balaban J connectivity index is 2.16. The number of hydrogen-bond acceptors (Lipinski definition) is 3. The van der Waals surface area contributed by atoms with Gasteiger partial charge in [0.05, 0.1) is 23.5 Å². The van der Waals surface area contributed by atoms with Crippen LogP contribution in [0.5, 0.6) is 0 Å². The molecule has 0 spiro atoms. The Kier molecular flexibility index (Phi) is 2.99. The quantitative estimate of drug-likeness (QED) is 0.855. The van der Waals surface area contributed by atoms with Crippen LogP contribution in [0.1, 0.15) is 11.3 Å². The van der Waals surface area contributed by atoms with Crippen LogP contribution in [0.15, 0.2) is 30.7 Å². The van der Waals surface area contributed by atoms with E-state index < -0.39 is 0 Å². The molecule has 2 aromatic rings. The lowest BCUT2D eigenvalue weighted by atomic mass is 10.2. The smallest absolute Gasteiger partial charge is 0.0785 e. The maximum atomic E-state index is 5.77. The second kappa shape index (κ2) is 4.42. The fourth-order valence-electron chi connectivity index (χ4n) is 1.35. The van der Waals surface area contributed by atoms with Gasteiger partial charge in [-0.25, -0.2) is 0 Å². The molecule has 0 saturated carbocycles. The molecule has 0 aromatic carbocycles. The summed E-state index contributed by atoms with van der Waals surface area (Å²) in [6, 6.07) is 3.91. The van der Waals surface area contributed by atoms with Crippen LogP contribution >= 0.6 is 11.6 Å². The first kappa shape index (κ1) is 10.1. The van der Waals surface area contributed by atoms with Crippen LogP contribution in [0.2, 0.25) is 5.02 Å². The van der Waals surface area contributed by atoms with E-state index in [1.54, 1.807) is 23.3 Å². The van der Waals surface area contributed by atoms with Crippen molar-refractivity contribution in [3.8, 4) is 0 Å². The Hall–Kier alpha value is -1.39. The molecule has 2 N–H and O–H groups in total. The minimum Gasteiger partial charge on any atom is -0.325 e. The Bertz CT molecular complexity index is 452. The third-order valence-electron chi connectivity index (χ3n) is 2.04. The van der Waals surface area contributed by atoms with Crippen molar-refractivity contribution < 1.29 is 0 Å². The topological polar surface area (TPSA) is 56.7 Å². The molecule has 4 nitrogen and oxygen atoms in total. The van der Waals surface area contributed by atoms with Gasteiger partial charge in [0.25, 0.3) is 0 Å². The zero-order valence-corrected chi connectivity index (χ0v) is 8.85. The van der Waals surface area contributed by atoms with Gasteiger partial charge in [-0.1, -0.05) is 11.6 Å². The van der Waals surface area contributed by atoms with Crippen molar-refractivity contribution in [1.82, 2.24) is 14.8 Å². The summed E-state index contributed by atoms with van der Waals surface area (Å²) in [4.78, 5) is 4.12. The molecule has 2 rings (SSSR count). The number of rotatable bonds is 3. The van der Waals surface area contributed by atoms with Crippen LogP contribution < -0.4 is 5.73 Å². The molecular formula is C10H11ClN4. The summed E-state index contributed by atoms with van der Waals surface area (Å²) in [5, 5.41) is 4.74. The van der Waals surface area contributed by atoms with Crippen molar-refractivity contribution in [2.24, 2.45) is 5.73 Å². The first-order valence-corrected chi connectivity index (χ1v) is 4.97. The van der Waals surface area contributed by atoms with Crippen molar-refractivity contribution >= 4 is 11.6 Å². The normalized spacial score (nSPS) is 10.5. The van der Waals surface area contributed by atoms with E-state index in [0.29, 0.717) is 18.1 Å². The Morgan fingerprint density at radius 3 is 3.00 bits per heavy atom. The highest BCUT2D eigenvalue weighted by molar-refractivity contribution is 6.30. The van der Waals surface area contributed by atoms with Crippen molar-refractivity contribution in [3.05, 3.63) is 47.0 Å². The van der Waals surface area contributed by atoms with Gasteiger partial charge < -0.3 is 5.73 Å². The predicted molar refractivity (Wildman–Crippen MR) is 58.5 cm³/mol. The summed E-state index contributed by atoms with van der Waals surface area (Å²) in [6.45, 7) is 1.13. The predicted octanol–water partition coefficient (Wildman–Crippen LogP) is 1.44. The van der Waals surface area contributed by atoms with E-state index in [2.05, 4.69) is 10.1 Å². The maximum absolute atomic E-state index is 5.77. The molecule has 78 valence electrons. The van der Waals surface area contributed by atoms with Crippen LogP contribution in [-0.2, 0) is 13.1 Å². The molecule has 2 aromatic heterocycles. The van der Waals surface area contributed by atoms with Gasteiger partial charge in [0.2, 0.25) is 0 Å². The minimum absolute atomic E-state index is 0.452. The molecule has 2 heterocycles. The van der Waals surface area contributed by atoms with E-state index in [9.17, 15) is 0 Å².